The van der Waals surface area contributed by atoms with Crippen LogP contribution < -0.4 is 10.6 Å². The van der Waals surface area contributed by atoms with Crippen molar-refractivity contribution >= 4 is 5.95 Å². The summed E-state index contributed by atoms with van der Waals surface area (Å²) in [6.45, 7) is 4.29. The molecule has 2 N–H and O–H groups in total. The van der Waals surface area contributed by atoms with Crippen molar-refractivity contribution in [3.63, 3.8) is 0 Å². The van der Waals surface area contributed by atoms with E-state index in [0.717, 1.165) is 36.4 Å². The summed E-state index contributed by atoms with van der Waals surface area (Å²) in [6.07, 6.45) is 3.71. The first-order chi connectivity index (χ1) is 6.84. The number of rotatable bonds is 2. The molecule has 1 saturated carbocycles. The van der Waals surface area contributed by atoms with Gasteiger partial charge in [0.2, 0.25) is 5.95 Å². The largest absolute Gasteiger partial charge is 0.351 e. The van der Waals surface area contributed by atoms with Crippen LogP contribution in [0, 0.1) is 18.8 Å². The quantitative estimate of drug-likeness (QED) is 0.709. The molecule has 1 aromatic heterocycles. The number of aromatic nitrogens is 2. The number of hydrogen-bond donors (Lipinski definition) is 2. The molecule has 2 atom stereocenters. The van der Waals surface area contributed by atoms with Crippen LogP contribution in [0.5, 0.6) is 0 Å². The van der Waals surface area contributed by atoms with Gasteiger partial charge in [-0.3, -0.25) is 0 Å². The summed E-state index contributed by atoms with van der Waals surface area (Å²) in [5.74, 6) is 2.38. The van der Waals surface area contributed by atoms with Crippen molar-refractivity contribution in [2.24, 2.45) is 11.8 Å². The van der Waals surface area contributed by atoms with E-state index in [2.05, 4.69) is 20.6 Å². The molecule has 2 aliphatic rings. The minimum atomic E-state index is 0.610. The summed E-state index contributed by atoms with van der Waals surface area (Å²) in [4.78, 5) is 8.49. The van der Waals surface area contributed by atoms with Gasteiger partial charge in [-0.15, -0.1) is 0 Å². The minimum Gasteiger partial charge on any atom is -0.351 e. The second-order valence-corrected chi connectivity index (χ2v) is 4.24. The fraction of sp³-hybridized carbons (Fsp3) is 0.600. The van der Waals surface area contributed by atoms with Crippen LogP contribution in [0.25, 0.3) is 0 Å². The lowest BCUT2D eigenvalue weighted by atomic mass is 10.4. The van der Waals surface area contributed by atoms with E-state index in [4.69, 9.17) is 0 Å². The molecule has 0 bridgehead atoms. The fourth-order valence-corrected chi connectivity index (χ4v) is 2.25. The van der Waals surface area contributed by atoms with Crippen molar-refractivity contribution in [2.75, 3.05) is 18.4 Å². The zero-order valence-electron chi connectivity index (χ0n) is 8.20. The third-order valence-electron chi connectivity index (χ3n) is 3.17. The molecule has 14 heavy (non-hydrogen) atoms. The number of fused-ring (bicyclic) bond motifs is 1. The van der Waals surface area contributed by atoms with Gasteiger partial charge in [0, 0.05) is 31.5 Å². The van der Waals surface area contributed by atoms with Gasteiger partial charge in [0.1, 0.15) is 0 Å². The van der Waals surface area contributed by atoms with Crippen LogP contribution in [-0.4, -0.2) is 29.1 Å². The van der Waals surface area contributed by atoms with Crippen LogP contribution in [0.2, 0.25) is 0 Å². The molecule has 3 rings (SSSR count). The summed E-state index contributed by atoms with van der Waals surface area (Å²) in [5.41, 5.74) is 1.10. The van der Waals surface area contributed by atoms with Crippen LogP contribution in [0.15, 0.2) is 12.4 Å². The number of nitrogens with zero attached hydrogens (tertiary/aromatic N) is 2. The van der Waals surface area contributed by atoms with Crippen LogP contribution >= 0.6 is 0 Å². The van der Waals surface area contributed by atoms with Crippen molar-refractivity contribution in [2.45, 2.75) is 13.0 Å². The Balaban J connectivity index is 1.65. The second kappa shape index (κ2) is 2.92. The van der Waals surface area contributed by atoms with Gasteiger partial charge in [0.05, 0.1) is 0 Å². The van der Waals surface area contributed by atoms with Crippen molar-refractivity contribution in [3.05, 3.63) is 18.0 Å². The number of anilines is 1. The normalized spacial score (nSPS) is 33.9. The van der Waals surface area contributed by atoms with Gasteiger partial charge in [-0.25, -0.2) is 9.97 Å². The molecule has 1 aliphatic carbocycles. The third-order valence-corrected chi connectivity index (χ3v) is 3.17. The van der Waals surface area contributed by atoms with Gasteiger partial charge in [0.15, 0.2) is 0 Å². The first-order valence-corrected chi connectivity index (χ1v) is 5.10. The van der Waals surface area contributed by atoms with Crippen molar-refractivity contribution in [3.8, 4) is 0 Å². The summed E-state index contributed by atoms with van der Waals surface area (Å²) >= 11 is 0. The summed E-state index contributed by atoms with van der Waals surface area (Å²) in [6, 6.07) is 0.610. The van der Waals surface area contributed by atoms with Crippen LogP contribution in [-0.2, 0) is 0 Å². The Bertz CT molecular complexity index is 324. The van der Waals surface area contributed by atoms with Gasteiger partial charge >= 0.3 is 0 Å². The number of piperidine rings is 1. The molecule has 1 saturated heterocycles. The fourth-order valence-electron chi connectivity index (χ4n) is 2.25. The van der Waals surface area contributed by atoms with Crippen molar-refractivity contribution < 1.29 is 0 Å². The predicted octanol–water partition coefficient (Wildman–Crippen LogP) is 0.415. The molecule has 2 fully saturated rings. The van der Waals surface area contributed by atoms with Crippen molar-refractivity contribution in [1.82, 2.24) is 15.3 Å². The van der Waals surface area contributed by atoms with E-state index in [0.29, 0.717) is 6.04 Å². The topological polar surface area (TPSA) is 49.8 Å². The Morgan fingerprint density at radius 2 is 1.93 bits per heavy atom. The highest BCUT2D eigenvalue weighted by molar-refractivity contribution is 5.32. The first-order valence-electron chi connectivity index (χ1n) is 5.10. The Morgan fingerprint density at radius 1 is 1.29 bits per heavy atom. The lowest BCUT2D eigenvalue weighted by molar-refractivity contribution is 0.693. The molecule has 1 aromatic rings. The second-order valence-electron chi connectivity index (χ2n) is 4.24. The maximum Gasteiger partial charge on any atom is 0.222 e. The first kappa shape index (κ1) is 8.17. The summed E-state index contributed by atoms with van der Waals surface area (Å²) in [7, 11) is 0. The molecule has 2 unspecified atom stereocenters. The summed E-state index contributed by atoms with van der Waals surface area (Å²) in [5, 5.41) is 6.75. The van der Waals surface area contributed by atoms with Crippen LogP contribution in [0.3, 0.4) is 0 Å². The molecular weight excluding hydrogens is 176 g/mol. The van der Waals surface area contributed by atoms with Gasteiger partial charge in [0.25, 0.3) is 0 Å². The molecular formula is C10H14N4. The Kier molecular flexibility index (Phi) is 1.70. The van der Waals surface area contributed by atoms with Gasteiger partial charge < -0.3 is 10.6 Å². The lowest BCUT2D eigenvalue weighted by Gasteiger charge is -2.06. The zero-order chi connectivity index (χ0) is 9.54. The maximum atomic E-state index is 4.24. The Morgan fingerprint density at radius 3 is 2.57 bits per heavy atom. The molecule has 0 amide bonds. The van der Waals surface area contributed by atoms with E-state index in [9.17, 15) is 0 Å². The van der Waals surface area contributed by atoms with Gasteiger partial charge in [-0.2, -0.15) is 0 Å². The number of hydrogen-bond acceptors (Lipinski definition) is 4. The molecule has 2 heterocycles. The average Bonchev–Trinajstić information content (AvgIpc) is 2.63. The van der Waals surface area contributed by atoms with E-state index in [1.165, 1.54) is 0 Å². The highest BCUT2D eigenvalue weighted by atomic mass is 15.2. The third kappa shape index (κ3) is 1.26. The van der Waals surface area contributed by atoms with Gasteiger partial charge in [-0.05, 0) is 24.3 Å². The SMILES string of the molecule is Cc1cnc(NC2C3CNCC32)nc1. The molecule has 74 valence electrons. The van der Waals surface area contributed by atoms with E-state index in [-0.39, 0.29) is 0 Å². The van der Waals surface area contributed by atoms with Crippen LogP contribution in [0.4, 0.5) is 5.95 Å². The minimum absolute atomic E-state index is 0.610. The monoisotopic (exact) mass is 190 g/mol. The molecule has 1 aliphatic heterocycles. The van der Waals surface area contributed by atoms with E-state index < -0.39 is 0 Å². The molecule has 4 heteroatoms. The van der Waals surface area contributed by atoms with E-state index in [1.807, 2.05) is 19.3 Å². The highest BCUT2D eigenvalue weighted by Crippen LogP contribution is 2.43. The van der Waals surface area contributed by atoms with E-state index in [1.54, 1.807) is 0 Å². The predicted molar refractivity (Wildman–Crippen MR) is 54.0 cm³/mol. The highest BCUT2D eigenvalue weighted by Gasteiger charge is 2.53. The standard InChI is InChI=1S/C10H14N4/c1-6-2-12-10(13-3-6)14-9-7-4-11-5-8(7)9/h2-3,7-9,11H,4-5H2,1H3,(H,12,13,14). The molecule has 4 nitrogen and oxygen atoms in total. The van der Waals surface area contributed by atoms with Crippen molar-refractivity contribution in [1.29, 1.82) is 0 Å². The Hall–Kier alpha value is -1.16. The lowest BCUT2D eigenvalue weighted by Crippen LogP contribution is -2.22. The smallest absolute Gasteiger partial charge is 0.222 e. The summed E-state index contributed by atoms with van der Waals surface area (Å²) < 4.78 is 0. The molecule has 0 aromatic carbocycles. The molecule has 0 spiro atoms. The number of nitrogens with one attached hydrogen (secondary N) is 2. The van der Waals surface area contributed by atoms with Gasteiger partial charge in [-0.1, -0.05) is 0 Å². The maximum absolute atomic E-state index is 4.24. The zero-order valence-corrected chi connectivity index (χ0v) is 8.20. The Labute approximate surface area is 83.1 Å². The molecule has 0 radical (unpaired) electrons. The van der Waals surface area contributed by atoms with Crippen LogP contribution in [0.1, 0.15) is 5.56 Å². The number of aryl methyl sites for hydroxylation is 1. The van der Waals surface area contributed by atoms with E-state index >= 15 is 0 Å². The average molecular weight is 190 g/mol.